The van der Waals surface area contributed by atoms with Crippen molar-refractivity contribution in [2.45, 2.75) is 18.9 Å². The highest BCUT2D eigenvalue weighted by Crippen LogP contribution is 2.34. The first-order valence-corrected chi connectivity index (χ1v) is 9.14. The van der Waals surface area contributed by atoms with Crippen LogP contribution in [0.25, 0.3) is 11.5 Å². The molecule has 1 aliphatic heterocycles. The van der Waals surface area contributed by atoms with Crippen LogP contribution in [0.1, 0.15) is 24.8 Å². The van der Waals surface area contributed by atoms with Crippen molar-refractivity contribution >= 4 is 34.9 Å². The molecule has 2 aromatic heterocycles. The Balaban J connectivity index is 1.53. The second-order valence-electron chi connectivity index (χ2n) is 6.09. The molecule has 0 spiro atoms. The Kier molecular flexibility index (Phi) is 4.96. The maximum atomic E-state index is 12.8. The average Bonchev–Trinajstić information content (AvgIpc) is 3.34. The van der Waals surface area contributed by atoms with Gasteiger partial charge in [-0.25, -0.2) is 4.79 Å². The van der Waals surface area contributed by atoms with Gasteiger partial charge in [-0.1, -0.05) is 23.2 Å². The maximum Gasteiger partial charge on any atom is 0.322 e. The lowest BCUT2D eigenvalue weighted by Gasteiger charge is -2.22. The normalized spacial score (nSPS) is 16.5. The van der Waals surface area contributed by atoms with Crippen molar-refractivity contribution < 1.29 is 9.21 Å². The highest BCUT2D eigenvalue weighted by Gasteiger charge is 2.34. The van der Waals surface area contributed by atoms with Crippen molar-refractivity contribution in [3.8, 4) is 11.5 Å². The number of carbonyl (C=O) groups is 1. The van der Waals surface area contributed by atoms with Gasteiger partial charge in [-0.2, -0.15) is 0 Å². The van der Waals surface area contributed by atoms with Gasteiger partial charge in [-0.05, 0) is 43.2 Å². The van der Waals surface area contributed by atoms with Crippen LogP contribution in [0.5, 0.6) is 0 Å². The van der Waals surface area contributed by atoms with E-state index >= 15 is 0 Å². The fourth-order valence-corrected chi connectivity index (χ4v) is 3.36. The van der Waals surface area contributed by atoms with Gasteiger partial charge in [0.1, 0.15) is 6.04 Å². The Bertz CT molecular complexity index is 963. The van der Waals surface area contributed by atoms with Crippen LogP contribution in [-0.2, 0) is 0 Å². The Morgan fingerprint density at radius 3 is 2.96 bits per heavy atom. The average molecular weight is 404 g/mol. The summed E-state index contributed by atoms with van der Waals surface area (Å²) < 4.78 is 5.80. The molecule has 1 saturated heterocycles. The van der Waals surface area contributed by atoms with Crippen LogP contribution in [0.2, 0.25) is 10.0 Å². The molecule has 2 amide bonds. The van der Waals surface area contributed by atoms with E-state index in [1.807, 2.05) is 6.07 Å². The number of likely N-dealkylation sites (tertiary alicyclic amines) is 1. The van der Waals surface area contributed by atoms with E-state index in [1.165, 1.54) is 0 Å². The van der Waals surface area contributed by atoms with Crippen molar-refractivity contribution in [3.63, 3.8) is 0 Å². The first kappa shape index (κ1) is 17.8. The number of hydrogen-bond donors (Lipinski definition) is 1. The minimum Gasteiger partial charge on any atom is -0.418 e. The largest absolute Gasteiger partial charge is 0.418 e. The standard InChI is InChI=1S/C18H15Cl2N5O2/c19-12-5-6-13(20)14(9-12)22-18(26)25-8-2-4-15(25)17-24-23-16(27-17)11-3-1-7-21-10-11/h1,3,5-7,9-10,15H,2,4,8H2,(H,22,26). The third-order valence-corrected chi connectivity index (χ3v) is 4.88. The summed E-state index contributed by atoms with van der Waals surface area (Å²) in [6, 6.07) is 7.97. The van der Waals surface area contributed by atoms with Crippen LogP contribution >= 0.6 is 23.2 Å². The van der Waals surface area contributed by atoms with Crippen LogP contribution in [0.4, 0.5) is 10.5 Å². The number of halogens is 2. The van der Waals surface area contributed by atoms with Crippen LogP contribution in [-0.4, -0.2) is 32.7 Å². The smallest absolute Gasteiger partial charge is 0.322 e. The Hall–Kier alpha value is -2.64. The van der Waals surface area contributed by atoms with Crippen molar-refractivity contribution in [2.75, 3.05) is 11.9 Å². The second-order valence-corrected chi connectivity index (χ2v) is 6.94. The van der Waals surface area contributed by atoms with Gasteiger partial charge in [-0.3, -0.25) is 4.98 Å². The summed E-state index contributed by atoms with van der Waals surface area (Å²) in [5.74, 6) is 0.780. The lowest BCUT2D eigenvalue weighted by Crippen LogP contribution is -2.34. The van der Waals surface area contributed by atoms with Gasteiger partial charge in [0.25, 0.3) is 0 Å². The number of pyridine rings is 1. The topological polar surface area (TPSA) is 84.2 Å². The van der Waals surface area contributed by atoms with E-state index in [1.54, 1.807) is 41.6 Å². The molecule has 0 bridgehead atoms. The molecule has 27 heavy (non-hydrogen) atoms. The quantitative estimate of drug-likeness (QED) is 0.678. The summed E-state index contributed by atoms with van der Waals surface area (Å²) in [5.41, 5.74) is 1.19. The van der Waals surface area contributed by atoms with Gasteiger partial charge in [0.05, 0.1) is 16.3 Å². The number of hydrogen-bond acceptors (Lipinski definition) is 5. The van der Waals surface area contributed by atoms with Crippen molar-refractivity contribution in [2.24, 2.45) is 0 Å². The van der Waals surface area contributed by atoms with Gasteiger partial charge in [-0.15, -0.1) is 10.2 Å². The third kappa shape index (κ3) is 3.74. The summed E-state index contributed by atoms with van der Waals surface area (Å²) in [6.07, 6.45) is 4.90. The molecule has 1 aliphatic rings. The number of urea groups is 1. The number of carbonyl (C=O) groups excluding carboxylic acids is 1. The Morgan fingerprint density at radius 1 is 1.26 bits per heavy atom. The number of benzene rings is 1. The minimum atomic E-state index is -0.291. The lowest BCUT2D eigenvalue weighted by atomic mass is 10.2. The number of nitrogens with zero attached hydrogens (tertiary/aromatic N) is 4. The fraction of sp³-hybridized carbons (Fsp3) is 0.222. The molecule has 1 fully saturated rings. The van der Waals surface area contributed by atoms with E-state index in [4.69, 9.17) is 27.6 Å². The summed E-state index contributed by atoms with van der Waals surface area (Å²) in [7, 11) is 0. The minimum absolute atomic E-state index is 0.289. The van der Waals surface area contributed by atoms with E-state index in [0.717, 1.165) is 18.4 Å². The van der Waals surface area contributed by atoms with Crippen molar-refractivity contribution in [1.82, 2.24) is 20.1 Å². The first-order chi connectivity index (χ1) is 13.1. The molecular formula is C18H15Cl2N5O2. The zero-order valence-electron chi connectivity index (χ0n) is 14.1. The summed E-state index contributed by atoms with van der Waals surface area (Å²) in [6.45, 7) is 0.583. The lowest BCUT2D eigenvalue weighted by molar-refractivity contribution is 0.198. The Labute approximate surface area is 165 Å². The zero-order chi connectivity index (χ0) is 18.8. The van der Waals surface area contributed by atoms with Gasteiger partial charge in [0.15, 0.2) is 0 Å². The molecule has 138 valence electrons. The predicted octanol–water partition coefficient (Wildman–Crippen LogP) is 4.81. The zero-order valence-corrected chi connectivity index (χ0v) is 15.6. The molecule has 1 N–H and O–H groups in total. The Morgan fingerprint density at radius 2 is 2.15 bits per heavy atom. The SMILES string of the molecule is O=C(Nc1cc(Cl)ccc1Cl)N1CCCC1c1nnc(-c2cccnc2)o1. The molecule has 1 unspecified atom stereocenters. The van der Waals surface area contributed by atoms with E-state index in [0.29, 0.717) is 34.1 Å². The molecule has 0 saturated carbocycles. The highest BCUT2D eigenvalue weighted by atomic mass is 35.5. The van der Waals surface area contributed by atoms with E-state index in [9.17, 15) is 4.79 Å². The number of rotatable bonds is 3. The van der Waals surface area contributed by atoms with Crippen molar-refractivity contribution in [1.29, 1.82) is 0 Å². The number of amides is 2. The summed E-state index contributed by atoms with van der Waals surface area (Å²) in [4.78, 5) is 18.5. The molecule has 3 heterocycles. The summed E-state index contributed by atoms with van der Waals surface area (Å²) >= 11 is 12.1. The third-order valence-electron chi connectivity index (χ3n) is 4.32. The number of nitrogens with one attached hydrogen (secondary N) is 1. The second kappa shape index (κ2) is 7.54. The van der Waals surface area contributed by atoms with Crippen LogP contribution in [0.3, 0.4) is 0 Å². The van der Waals surface area contributed by atoms with Crippen LogP contribution in [0.15, 0.2) is 47.1 Å². The van der Waals surface area contributed by atoms with Gasteiger partial charge >= 0.3 is 6.03 Å². The molecule has 1 atom stereocenters. The predicted molar refractivity (Wildman–Crippen MR) is 102 cm³/mol. The molecule has 0 aliphatic carbocycles. The van der Waals surface area contributed by atoms with Crippen LogP contribution < -0.4 is 5.32 Å². The maximum absolute atomic E-state index is 12.8. The van der Waals surface area contributed by atoms with Gasteiger partial charge in [0.2, 0.25) is 11.8 Å². The van der Waals surface area contributed by atoms with Gasteiger partial charge < -0.3 is 14.6 Å². The van der Waals surface area contributed by atoms with Gasteiger partial charge in [0, 0.05) is 24.0 Å². The number of aromatic nitrogens is 3. The molecule has 9 heteroatoms. The first-order valence-electron chi connectivity index (χ1n) is 8.38. The van der Waals surface area contributed by atoms with Crippen molar-refractivity contribution in [3.05, 3.63) is 58.7 Å². The molecule has 1 aromatic carbocycles. The summed E-state index contributed by atoms with van der Waals surface area (Å²) in [5, 5.41) is 11.9. The molecule has 4 rings (SSSR count). The molecule has 7 nitrogen and oxygen atoms in total. The fourth-order valence-electron chi connectivity index (χ4n) is 3.02. The van der Waals surface area contributed by atoms with Crippen LogP contribution in [0, 0.1) is 0 Å². The molecule has 3 aromatic rings. The van der Waals surface area contributed by atoms with E-state index in [-0.39, 0.29) is 12.1 Å². The molecule has 0 radical (unpaired) electrons. The monoisotopic (exact) mass is 403 g/mol. The van der Waals surface area contributed by atoms with E-state index < -0.39 is 0 Å². The van der Waals surface area contributed by atoms with E-state index in [2.05, 4.69) is 20.5 Å². The highest BCUT2D eigenvalue weighted by molar-refractivity contribution is 6.35. The molecular weight excluding hydrogens is 389 g/mol. The number of anilines is 1.